The van der Waals surface area contributed by atoms with Crippen LogP contribution in [0.25, 0.3) is 0 Å². The topological polar surface area (TPSA) is 21.3 Å². The van der Waals surface area contributed by atoms with Crippen molar-refractivity contribution < 1.29 is 4.74 Å². The Hall–Kier alpha value is -1.32. The van der Waals surface area contributed by atoms with Gasteiger partial charge in [-0.2, -0.15) is 0 Å². The van der Waals surface area contributed by atoms with Crippen molar-refractivity contribution in [3.8, 4) is 0 Å². The Balaban J connectivity index is 1.58. The lowest BCUT2D eigenvalue weighted by atomic mass is 10.1. The molecule has 88 valence electrons. The van der Waals surface area contributed by atoms with E-state index in [0.29, 0.717) is 0 Å². The first-order valence-electron chi connectivity index (χ1n) is 5.87. The predicted octanol–water partition coefficient (Wildman–Crippen LogP) is 3.43. The van der Waals surface area contributed by atoms with Gasteiger partial charge in [0.15, 0.2) is 0 Å². The standard InChI is InChI=1S/C14H15NOS/c1-2-14(17-7-1)5-6-15-13-4-3-11-9-16-10-12(11)8-13/h1-4,7-8,15H,5-6,9-10H2. The number of thiophene rings is 1. The lowest BCUT2D eigenvalue weighted by molar-refractivity contribution is 0.134. The Bertz CT molecular complexity index is 493. The largest absolute Gasteiger partial charge is 0.385 e. The molecule has 0 aliphatic carbocycles. The van der Waals surface area contributed by atoms with Crippen molar-refractivity contribution >= 4 is 17.0 Å². The molecule has 0 radical (unpaired) electrons. The molecule has 0 amide bonds. The summed E-state index contributed by atoms with van der Waals surface area (Å²) in [4.78, 5) is 1.43. The molecule has 1 aromatic heterocycles. The minimum Gasteiger partial charge on any atom is -0.385 e. The lowest BCUT2D eigenvalue weighted by Crippen LogP contribution is -2.04. The van der Waals surface area contributed by atoms with Crippen molar-refractivity contribution in [1.29, 1.82) is 0 Å². The van der Waals surface area contributed by atoms with E-state index < -0.39 is 0 Å². The third kappa shape index (κ3) is 2.51. The number of ether oxygens (including phenoxy) is 1. The number of anilines is 1. The third-order valence-corrected chi connectivity index (χ3v) is 3.94. The lowest BCUT2D eigenvalue weighted by Gasteiger charge is -2.07. The molecule has 3 heteroatoms. The number of rotatable bonds is 4. The van der Waals surface area contributed by atoms with Crippen LogP contribution in [-0.4, -0.2) is 6.54 Å². The molecule has 1 aliphatic rings. The molecule has 0 saturated heterocycles. The van der Waals surface area contributed by atoms with Crippen LogP contribution in [0.2, 0.25) is 0 Å². The zero-order valence-corrected chi connectivity index (χ0v) is 10.4. The van der Waals surface area contributed by atoms with Gasteiger partial charge in [-0.05, 0) is 41.1 Å². The van der Waals surface area contributed by atoms with Crippen LogP contribution < -0.4 is 5.32 Å². The van der Waals surface area contributed by atoms with E-state index in [4.69, 9.17) is 4.74 Å². The van der Waals surface area contributed by atoms with Gasteiger partial charge >= 0.3 is 0 Å². The Morgan fingerprint density at radius 1 is 1.18 bits per heavy atom. The van der Waals surface area contributed by atoms with Gasteiger partial charge in [-0.25, -0.2) is 0 Å². The van der Waals surface area contributed by atoms with E-state index in [1.807, 2.05) is 11.3 Å². The third-order valence-electron chi connectivity index (χ3n) is 3.00. The molecule has 2 aromatic rings. The second-order valence-corrected chi connectivity index (χ2v) is 5.26. The van der Waals surface area contributed by atoms with Crippen LogP contribution >= 0.6 is 11.3 Å². The first kappa shape index (κ1) is 10.8. The van der Waals surface area contributed by atoms with Gasteiger partial charge in [0.25, 0.3) is 0 Å². The van der Waals surface area contributed by atoms with Crippen molar-refractivity contribution in [3.63, 3.8) is 0 Å². The average molecular weight is 245 g/mol. The minimum atomic E-state index is 0.760. The van der Waals surface area contributed by atoms with Crippen LogP contribution in [-0.2, 0) is 24.4 Å². The van der Waals surface area contributed by atoms with Crippen LogP contribution in [0.15, 0.2) is 35.7 Å². The highest BCUT2D eigenvalue weighted by Gasteiger charge is 2.10. The van der Waals surface area contributed by atoms with Gasteiger partial charge < -0.3 is 10.1 Å². The van der Waals surface area contributed by atoms with Crippen LogP contribution in [0, 0.1) is 0 Å². The highest BCUT2D eigenvalue weighted by molar-refractivity contribution is 7.09. The molecule has 0 bridgehead atoms. The number of benzene rings is 1. The smallest absolute Gasteiger partial charge is 0.0725 e. The Kier molecular flexibility index (Phi) is 3.12. The highest BCUT2D eigenvalue weighted by atomic mass is 32.1. The van der Waals surface area contributed by atoms with E-state index in [1.54, 1.807) is 0 Å². The summed E-state index contributed by atoms with van der Waals surface area (Å²) in [5.74, 6) is 0. The van der Waals surface area contributed by atoms with Crippen molar-refractivity contribution in [2.45, 2.75) is 19.6 Å². The summed E-state index contributed by atoms with van der Waals surface area (Å²) < 4.78 is 5.41. The summed E-state index contributed by atoms with van der Waals surface area (Å²) in [6.07, 6.45) is 1.09. The van der Waals surface area contributed by atoms with Crippen LogP contribution in [0.4, 0.5) is 5.69 Å². The zero-order valence-electron chi connectivity index (χ0n) is 9.61. The maximum atomic E-state index is 5.41. The number of fused-ring (bicyclic) bond motifs is 1. The van der Waals surface area contributed by atoms with E-state index in [9.17, 15) is 0 Å². The summed E-state index contributed by atoms with van der Waals surface area (Å²) in [7, 11) is 0. The van der Waals surface area contributed by atoms with Crippen LogP contribution in [0.5, 0.6) is 0 Å². The van der Waals surface area contributed by atoms with Gasteiger partial charge in [0, 0.05) is 17.1 Å². The number of nitrogens with one attached hydrogen (secondary N) is 1. The second-order valence-electron chi connectivity index (χ2n) is 4.23. The Morgan fingerprint density at radius 3 is 3.00 bits per heavy atom. The monoisotopic (exact) mass is 245 g/mol. The molecule has 1 aromatic carbocycles. The quantitative estimate of drug-likeness (QED) is 0.891. The maximum Gasteiger partial charge on any atom is 0.0725 e. The highest BCUT2D eigenvalue weighted by Crippen LogP contribution is 2.23. The molecule has 1 N–H and O–H groups in total. The molecule has 0 fully saturated rings. The molecule has 3 rings (SSSR count). The Labute approximate surface area is 105 Å². The van der Waals surface area contributed by atoms with Crippen LogP contribution in [0.3, 0.4) is 0 Å². The van der Waals surface area contributed by atoms with E-state index in [1.165, 1.54) is 21.7 Å². The summed E-state index contributed by atoms with van der Waals surface area (Å²) >= 11 is 1.82. The van der Waals surface area contributed by atoms with E-state index in [2.05, 4.69) is 41.0 Å². The molecule has 2 heterocycles. The van der Waals surface area contributed by atoms with Gasteiger partial charge in [0.2, 0.25) is 0 Å². The summed E-state index contributed by atoms with van der Waals surface area (Å²) in [6, 6.07) is 10.8. The summed E-state index contributed by atoms with van der Waals surface area (Å²) in [5, 5.41) is 5.59. The van der Waals surface area contributed by atoms with E-state index in [0.717, 1.165) is 26.2 Å². The second kappa shape index (κ2) is 4.90. The minimum absolute atomic E-state index is 0.760. The SMILES string of the molecule is c1csc(CCNc2ccc3c(c2)COC3)c1. The maximum absolute atomic E-state index is 5.41. The van der Waals surface area contributed by atoms with E-state index >= 15 is 0 Å². The molecule has 0 unspecified atom stereocenters. The molecular formula is C14H15NOS. The summed E-state index contributed by atoms with van der Waals surface area (Å²) in [5.41, 5.74) is 3.85. The predicted molar refractivity (Wildman–Crippen MR) is 71.4 cm³/mol. The average Bonchev–Trinajstić information content (AvgIpc) is 2.98. The van der Waals surface area contributed by atoms with Gasteiger partial charge in [-0.1, -0.05) is 12.1 Å². The zero-order chi connectivity index (χ0) is 11.5. The van der Waals surface area contributed by atoms with Crippen molar-refractivity contribution in [2.24, 2.45) is 0 Å². The van der Waals surface area contributed by atoms with Crippen molar-refractivity contribution in [2.75, 3.05) is 11.9 Å². The summed E-state index contributed by atoms with van der Waals surface area (Å²) in [6.45, 7) is 2.51. The van der Waals surface area contributed by atoms with Crippen molar-refractivity contribution in [1.82, 2.24) is 0 Å². The molecule has 0 spiro atoms. The normalized spacial score (nSPS) is 13.6. The molecule has 2 nitrogen and oxygen atoms in total. The molecule has 1 aliphatic heterocycles. The van der Waals surface area contributed by atoms with Crippen LogP contribution in [0.1, 0.15) is 16.0 Å². The number of hydrogen-bond acceptors (Lipinski definition) is 3. The Morgan fingerprint density at radius 2 is 2.12 bits per heavy atom. The molecule has 0 atom stereocenters. The fourth-order valence-corrected chi connectivity index (χ4v) is 2.78. The van der Waals surface area contributed by atoms with Gasteiger partial charge in [0.1, 0.15) is 0 Å². The van der Waals surface area contributed by atoms with Gasteiger partial charge in [-0.3, -0.25) is 0 Å². The van der Waals surface area contributed by atoms with Gasteiger partial charge in [0.05, 0.1) is 13.2 Å². The fraction of sp³-hybridized carbons (Fsp3) is 0.286. The number of hydrogen-bond donors (Lipinski definition) is 1. The first-order chi connectivity index (χ1) is 8.42. The van der Waals surface area contributed by atoms with Gasteiger partial charge in [-0.15, -0.1) is 11.3 Å². The fourth-order valence-electron chi connectivity index (χ4n) is 2.07. The van der Waals surface area contributed by atoms with E-state index in [-0.39, 0.29) is 0 Å². The molecular weight excluding hydrogens is 230 g/mol. The molecule has 0 saturated carbocycles. The molecule has 17 heavy (non-hydrogen) atoms. The van der Waals surface area contributed by atoms with Crippen molar-refractivity contribution in [3.05, 3.63) is 51.7 Å². The first-order valence-corrected chi connectivity index (χ1v) is 6.75.